The van der Waals surface area contributed by atoms with Gasteiger partial charge in [0, 0.05) is 6.07 Å². The molecule has 0 spiro atoms. The third kappa shape index (κ3) is 3.12. The van der Waals surface area contributed by atoms with Crippen LogP contribution >= 0.6 is 0 Å². The van der Waals surface area contributed by atoms with Gasteiger partial charge in [-0.05, 0) is 30.4 Å². The zero-order chi connectivity index (χ0) is 17.3. The molecule has 2 rings (SSSR count). The van der Waals surface area contributed by atoms with Crippen molar-refractivity contribution in [1.29, 1.82) is 0 Å². The zero-order valence-electron chi connectivity index (χ0n) is 12.0. The summed E-state index contributed by atoms with van der Waals surface area (Å²) in [6, 6.07) is 2.14. The van der Waals surface area contributed by atoms with Gasteiger partial charge in [0.05, 0.1) is 23.2 Å². The molecule has 23 heavy (non-hydrogen) atoms. The number of carbonyl (C=O) groups excluding carboxylic acids is 1. The number of esters is 1. The maximum atomic E-state index is 11.7. The van der Waals surface area contributed by atoms with Crippen LogP contribution in [0.1, 0.15) is 46.2 Å². The Morgan fingerprint density at radius 2 is 1.83 bits per heavy atom. The molecule has 9 nitrogen and oxygen atoms in total. The van der Waals surface area contributed by atoms with E-state index in [0.29, 0.717) is 12.8 Å². The molecule has 0 radical (unpaired) electrons. The summed E-state index contributed by atoms with van der Waals surface area (Å²) in [7, 11) is 1.11. The highest BCUT2D eigenvalue weighted by atomic mass is 16.6. The molecule has 1 aromatic carbocycles. The van der Waals surface area contributed by atoms with Gasteiger partial charge in [-0.1, -0.05) is 0 Å². The molecule has 0 amide bonds. The summed E-state index contributed by atoms with van der Waals surface area (Å²) in [5.74, 6) is -6.49. The highest BCUT2D eigenvalue weighted by Crippen LogP contribution is 2.46. The molecule has 1 aliphatic carbocycles. The Hall–Kier alpha value is -2.97. The van der Waals surface area contributed by atoms with Crippen LogP contribution in [0.25, 0.3) is 0 Å². The lowest BCUT2D eigenvalue weighted by molar-refractivity contribution is -0.385. The van der Waals surface area contributed by atoms with E-state index in [1.807, 2.05) is 0 Å². The second kappa shape index (κ2) is 6.03. The van der Waals surface area contributed by atoms with Gasteiger partial charge in [0.15, 0.2) is 5.92 Å². The molecule has 2 N–H and O–H groups in total. The summed E-state index contributed by atoms with van der Waals surface area (Å²) in [6.45, 7) is 0. The smallest absolute Gasteiger partial charge is 0.338 e. The normalized spacial score (nSPS) is 13.7. The Kier molecular flexibility index (Phi) is 4.30. The maximum absolute atomic E-state index is 11.7. The molecule has 0 aliphatic heterocycles. The topological polar surface area (TPSA) is 144 Å². The molecule has 0 saturated heterocycles. The van der Waals surface area contributed by atoms with Crippen LogP contribution in [0.2, 0.25) is 0 Å². The predicted molar refractivity (Wildman–Crippen MR) is 74.4 cm³/mol. The van der Waals surface area contributed by atoms with Crippen LogP contribution in [0.4, 0.5) is 5.69 Å². The van der Waals surface area contributed by atoms with Crippen LogP contribution in [0, 0.1) is 10.1 Å². The number of aliphatic carboxylic acids is 2. The van der Waals surface area contributed by atoms with E-state index in [9.17, 15) is 24.5 Å². The quantitative estimate of drug-likeness (QED) is 0.347. The molecule has 0 atom stereocenters. The summed E-state index contributed by atoms with van der Waals surface area (Å²) in [5.41, 5.74) is -0.997. The van der Waals surface area contributed by atoms with Crippen LogP contribution in [0.3, 0.4) is 0 Å². The van der Waals surface area contributed by atoms with Gasteiger partial charge in [-0.2, -0.15) is 0 Å². The van der Waals surface area contributed by atoms with Crippen LogP contribution in [-0.2, 0) is 14.3 Å². The molecule has 1 saturated carbocycles. The maximum Gasteiger partial charge on any atom is 0.338 e. The average molecular weight is 323 g/mol. The first kappa shape index (κ1) is 16.4. The molecule has 0 unspecified atom stereocenters. The summed E-state index contributed by atoms with van der Waals surface area (Å²) >= 11 is 0. The number of hydrogen-bond acceptors (Lipinski definition) is 6. The number of nitro groups is 1. The van der Waals surface area contributed by atoms with Gasteiger partial charge in [-0.15, -0.1) is 0 Å². The van der Waals surface area contributed by atoms with Crippen molar-refractivity contribution in [2.45, 2.75) is 24.7 Å². The van der Waals surface area contributed by atoms with Crippen molar-refractivity contribution in [2.75, 3.05) is 7.11 Å². The number of nitro benzene ring substituents is 1. The number of rotatable bonds is 6. The van der Waals surface area contributed by atoms with Crippen molar-refractivity contribution in [3.8, 4) is 0 Å². The van der Waals surface area contributed by atoms with Crippen LogP contribution in [-0.4, -0.2) is 40.2 Å². The Bertz CT molecular complexity index is 693. The second-order valence-corrected chi connectivity index (χ2v) is 5.13. The Balaban J connectivity index is 2.77. The van der Waals surface area contributed by atoms with E-state index in [4.69, 9.17) is 10.2 Å². The number of carbonyl (C=O) groups is 3. The largest absolute Gasteiger partial charge is 0.480 e. The summed E-state index contributed by atoms with van der Waals surface area (Å²) < 4.78 is 4.53. The minimum Gasteiger partial charge on any atom is -0.480 e. The van der Waals surface area contributed by atoms with Gasteiger partial charge in [0.2, 0.25) is 0 Å². The van der Waals surface area contributed by atoms with E-state index >= 15 is 0 Å². The van der Waals surface area contributed by atoms with Gasteiger partial charge in [-0.25, -0.2) is 4.79 Å². The highest BCUT2D eigenvalue weighted by molar-refractivity contribution is 6.01. The van der Waals surface area contributed by atoms with Gasteiger partial charge in [-0.3, -0.25) is 19.7 Å². The zero-order valence-corrected chi connectivity index (χ0v) is 12.0. The lowest BCUT2D eigenvalue weighted by Crippen LogP contribution is -2.24. The Morgan fingerprint density at radius 3 is 2.22 bits per heavy atom. The monoisotopic (exact) mass is 323 g/mol. The van der Waals surface area contributed by atoms with E-state index in [2.05, 4.69) is 4.74 Å². The van der Waals surface area contributed by atoms with E-state index in [1.165, 1.54) is 6.07 Å². The lowest BCUT2D eigenvalue weighted by atomic mass is 9.88. The first-order chi connectivity index (χ1) is 10.8. The van der Waals surface area contributed by atoms with E-state index < -0.39 is 34.4 Å². The van der Waals surface area contributed by atoms with E-state index in [0.717, 1.165) is 13.2 Å². The number of carboxylic acid groups (broad SMARTS) is 2. The van der Waals surface area contributed by atoms with Crippen LogP contribution < -0.4 is 0 Å². The van der Waals surface area contributed by atoms with Crippen molar-refractivity contribution < 1.29 is 34.3 Å². The fraction of sp³-hybridized carbons (Fsp3) is 0.357. The molecular weight excluding hydrogens is 310 g/mol. The number of methoxy groups -OCH3 is 1. The number of hydrogen-bond donors (Lipinski definition) is 2. The van der Waals surface area contributed by atoms with Gasteiger partial charge < -0.3 is 14.9 Å². The molecule has 0 aromatic heterocycles. The molecular formula is C14H13NO8. The average Bonchev–Trinajstić information content (AvgIpc) is 3.30. The van der Waals surface area contributed by atoms with Crippen molar-refractivity contribution in [1.82, 2.24) is 0 Å². The highest BCUT2D eigenvalue weighted by Gasteiger charge is 2.41. The Morgan fingerprint density at radius 1 is 1.26 bits per heavy atom. The first-order valence-corrected chi connectivity index (χ1v) is 6.64. The minimum atomic E-state index is -2.07. The molecule has 0 heterocycles. The minimum absolute atomic E-state index is 0.112. The van der Waals surface area contributed by atoms with Gasteiger partial charge in [0.1, 0.15) is 0 Å². The van der Waals surface area contributed by atoms with Crippen molar-refractivity contribution >= 4 is 23.6 Å². The van der Waals surface area contributed by atoms with Crippen LogP contribution in [0.5, 0.6) is 0 Å². The number of benzene rings is 1. The van der Waals surface area contributed by atoms with Crippen LogP contribution in [0.15, 0.2) is 12.1 Å². The number of carboxylic acids is 2. The number of ether oxygens (including phenoxy) is 1. The fourth-order valence-electron chi connectivity index (χ4n) is 2.45. The van der Waals surface area contributed by atoms with Crippen molar-refractivity contribution in [3.05, 3.63) is 38.9 Å². The second-order valence-electron chi connectivity index (χ2n) is 5.13. The Labute approximate surface area is 129 Å². The van der Waals surface area contributed by atoms with Crippen molar-refractivity contribution in [2.24, 2.45) is 0 Å². The lowest BCUT2D eigenvalue weighted by Gasteiger charge is -2.15. The third-order valence-electron chi connectivity index (χ3n) is 3.61. The summed E-state index contributed by atoms with van der Waals surface area (Å²) in [4.78, 5) is 44.7. The fourth-order valence-corrected chi connectivity index (χ4v) is 2.45. The molecule has 1 aromatic rings. The molecule has 0 bridgehead atoms. The predicted octanol–water partition coefficient (Wildman–Crippen LogP) is 1.51. The summed E-state index contributed by atoms with van der Waals surface area (Å²) in [6.07, 6.45) is 1.28. The van der Waals surface area contributed by atoms with Gasteiger partial charge in [0.25, 0.3) is 5.69 Å². The number of nitrogens with zero attached hydrogens (tertiary/aromatic N) is 1. The standard InChI is InChI=1S/C14H13NO8/c1-23-14(20)7-4-8(6-2-3-6)10(9(5-7)15(21)22)11(12(16)17)13(18)19/h4-6,11H,2-3H2,1H3,(H,16,17)(H,18,19). The van der Waals surface area contributed by atoms with E-state index in [1.54, 1.807) is 0 Å². The first-order valence-electron chi connectivity index (χ1n) is 6.64. The third-order valence-corrected chi connectivity index (χ3v) is 3.61. The summed E-state index contributed by atoms with van der Waals surface area (Å²) in [5, 5.41) is 29.6. The van der Waals surface area contributed by atoms with E-state index in [-0.39, 0.29) is 22.6 Å². The van der Waals surface area contributed by atoms with Gasteiger partial charge >= 0.3 is 17.9 Å². The molecule has 122 valence electrons. The molecule has 9 heteroatoms. The van der Waals surface area contributed by atoms with Crippen molar-refractivity contribution in [3.63, 3.8) is 0 Å². The SMILES string of the molecule is COC(=O)c1cc(C2CC2)c(C(C(=O)O)C(=O)O)c([N+](=O)[O-])c1. The molecule has 1 fully saturated rings. The molecule has 1 aliphatic rings.